The molecule has 0 aliphatic carbocycles. The van der Waals surface area contributed by atoms with Crippen molar-refractivity contribution in [2.24, 2.45) is 10.2 Å². The van der Waals surface area contributed by atoms with Gasteiger partial charge in [-0.05, 0) is 28.1 Å². The zero-order chi connectivity index (χ0) is 19.1. The number of hydrogen-bond acceptors (Lipinski definition) is 8. The maximum atomic E-state index is 13.0. The van der Waals surface area contributed by atoms with E-state index in [1.54, 1.807) is 0 Å². The van der Waals surface area contributed by atoms with Crippen LogP contribution in [0.3, 0.4) is 0 Å². The maximum absolute atomic E-state index is 13.0. The summed E-state index contributed by atoms with van der Waals surface area (Å²) in [6.45, 7) is 0. The van der Waals surface area contributed by atoms with Crippen LogP contribution in [-0.2, 0) is 0 Å². The Hall–Kier alpha value is -3.92. The van der Waals surface area contributed by atoms with Crippen molar-refractivity contribution in [3.8, 4) is 11.1 Å². The highest BCUT2D eigenvalue weighted by Crippen LogP contribution is 2.43. The van der Waals surface area contributed by atoms with Crippen molar-refractivity contribution in [1.82, 2.24) is 24.7 Å². The molecule has 10 heteroatoms. The van der Waals surface area contributed by atoms with Crippen molar-refractivity contribution in [2.75, 3.05) is 5.84 Å². The first-order chi connectivity index (χ1) is 13.7. The summed E-state index contributed by atoms with van der Waals surface area (Å²) in [7, 11) is 0. The average Bonchev–Trinajstić information content (AvgIpc) is 3.37. The molecule has 28 heavy (non-hydrogen) atoms. The Morgan fingerprint density at radius 2 is 1.68 bits per heavy atom. The average molecular weight is 388 g/mol. The van der Waals surface area contributed by atoms with E-state index < -0.39 is 5.56 Å². The number of nitrogen functional groups attached to an aromatic ring is 1. The minimum absolute atomic E-state index is 0.157. The molecule has 0 unspecified atom stereocenters. The number of benzene rings is 2. The summed E-state index contributed by atoms with van der Waals surface area (Å²) in [6, 6.07) is 18.9. The number of aromatic nitrogens is 5. The van der Waals surface area contributed by atoms with Gasteiger partial charge in [0, 0.05) is 5.56 Å². The van der Waals surface area contributed by atoms with Gasteiger partial charge in [0.05, 0.1) is 11.1 Å². The molecule has 3 aromatic heterocycles. The molecule has 2 N–H and O–H groups in total. The number of nitrogens with zero attached hydrogens (tertiary/aromatic N) is 7. The molecule has 0 atom stereocenters. The van der Waals surface area contributed by atoms with E-state index in [2.05, 4.69) is 25.8 Å². The number of thiophene rings is 1. The first-order valence-corrected chi connectivity index (χ1v) is 9.12. The lowest BCUT2D eigenvalue weighted by molar-refractivity contribution is 0.837. The Balaban J connectivity index is 1.86. The quantitative estimate of drug-likeness (QED) is 0.376. The first-order valence-electron chi connectivity index (χ1n) is 8.31. The zero-order valence-corrected chi connectivity index (χ0v) is 15.1. The van der Waals surface area contributed by atoms with Crippen LogP contribution in [0.2, 0.25) is 0 Å². The van der Waals surface area contributed by atoms with Crippen molar-refractivity contribution in [3.05, 3.63) is 71.0 Å². The van der Waals surface area contributed by atoms with Gasteiger partial charge in [-0.3, -0.25) is 4.79 Å². The predicted octanol–water partition coefficient (Wildman–Crippen LogP) is 3.30. The number of tetrazole rings is 1. The monoisotopic (exact) mass is 388 g/mol. The lowest BCUT2D eigenvalue weighted by atomic mass is 10.1. The van der Waals surface area contributed by atoms with E-state index in [1.165, 1.54) is 15.9 Å². The van der Waals surface area contributed by atoms with Crippen LogP contribution in [0.15, 0.2) is 75.7 Å². The van der Waals surface area contributed by atoms with Crippen molar-refractivity contribution in [1.29, 1.82) is 0 Å². The number of hydrogen-bond donors (Lipinski definition) is 1. The van der Waals surface area contributed by atoms with Gasteiger partial charge in [-0.2, -0.15) is 9.19 Å². The molecule has 3 heterocycles. The second-order valence-corrected chi connectivity index (χ2v) is 6.91. The van der Waals surface area contributed by atoms with Gasteiger partial charge in [0.2, 0.25) is 0 Å². The van der Waals surface area contributed by atoms with Crippen LogP contribution in [0.5, 0.6) is 0 Å². The Labute approximate surface area is 161 Å². The summed E-state index contributed by atoms with van der Waals surface area (Å²) < 4.78 is 2.38. The summed E-state index contributed by atoms with van der Waals surface area (Å²) >= 11 is 1.29. The molecule has 0 saturated carbocycles. The SMILES string of the molecule is Nn1c(=O)c2c(-c3ccccc3)c(N=Nc3ccccc3)sc2n2nnnc12. The van der Waals surface area contributed by atoms with Gasteiger partial charge < -0.3 is 5.84 Å². The van der Waals surface area contributed by atoms with E-state index in [4.69, 9.17) is 5.84 Å². The molecule has 9 nitrogen and oxygen atoms in total. The third kappa shape index (κ3) is 2.47. The topological polar surface area (TPSA) is 116 Å². The number of nitrogens with two attached hydrogens (primary N) is 1. The Morgan fingerprint density at radius 3 is 2.43 bits per heavy atom. The molecular weight excluding hydrogens is 376 g/mol. The number of rotatable bonds is 3. The molecule has 0 radical (unpaired) electrons. The van der Waals surface area contributed by atoms with E-state index in [0.717, 1.165) is 10.2 Å². The highest BCUT2D eigenvalue weighted by molar-refractivity contribution is 7.23. The summed E-state index contributed by atoms with van der Waals surface area (Å²) in [4.78, 5) is 13.5. The summed E-state index contributed by atoms with van der Waals surface area (Å²) in [5.41, 5.74) is 1.80. The second kappa shape index (κ2) is 6.35. The highest BCUT2D eigenvalue weighted by Gasteiger charge is 2.22. The lowest BCUT2D eigenvalue weighted by Gasteiger charge is -2.03. The molecule has 0 spiro atoms. The van der Waals surface area contributed by atoms with Crippen LogP contribution in [0.1, 0.15) is 0 Å². The van der Waals surface area contributed by atoms with E-state index >= 15 is 0 Å². The fraction of sp³-hybridized carbons (Fsp3) is 0. The van der Waals surface area contributed by atoms with Crippen LogP contribution >= 0.6 is 11.3 Å². The van der Waals surface area contributed by atoms with E-state index in [1.807, 2.05) is 60.7 Å². The normalized spacial score (nSPS) is 11.7. The Kier molecular flexibility index (Phi) is 3.69. The second-order valence-electron chi connectivity index (χ2n) is 5.93. The highest BCUT2D eigenvalue weighted by atomic mass is 32.1. The molecule has 0 bridgehead atoms. The smallest absolute Gasteiger partial charge is 0.282 e. The molecule has 5 aromatic rings. The van der Waals surface area contributed by atoms with Gasteiger partial charge in [0.15, 0.2) is 0 Å². The van der Waals surface area contributed by atoms with Gasteiger partial charge in [0.1, 0.15) is 9.83 Å². The minimum Gasteiger partial charge on any atom is -0.333 e. The third-order valence-electron chi connectivity index (χ3n) is 4.24. The van der Waals surface area contributed by atoms with E-state index in [-0.39, 0.29) is 5.78 Å². The molecule has 136 valence electrons. The Morgan fingerprint density at radius 1 is 0.964 bits per heavy atom. The molecule has 5 rings (SSSR count). The molecule has 0 fully saturated rings. The molecule has 0 aliphatic rings. The van der Waals surface area contributed by atoms with E-state index in [0.29, 0.717) is 26.5 Å². The number of fused-ring (bicyclic) bond motifs is 3. The van der Waals surface area contributed by atoms with Gasteiger partial charge >= 0.3 is 0 Å². The minimum atomic E-state index is -0.395. The van der Waals surface area contributed by atoms with Gasteiger partial charge in [-0.15, -0.1) is 10.2 Å². The van der Waals surface area contributed by atoms with Crippen molar-refractivity contribution in [2.45, 2.75) is 0 Å². The molecule has 0 amide bonds. The van der Waals surface area contributed by atoms with Gasteiger partial charge in [0.25, 0.3) is 11.3 Å². The molecule has 0 saturated heterocycles. The van der Waals surface area contributed by atoms with Crippen molar-refractivity contribution < 1.29 is 0 Å². The lowest BCUT2D eigenvalue weighted by Crippen LogP contribution is -2.29. The van der Waals surface area contributed by atoms with Crippen LogP contribution in [0, 0.1) is 0 Å². The summed E-state index contributed by atoms with van der Waals surface area (Å²) in [6.07, 6.45) is 0. The van der Waals surface area contributed by atoms with Gasteiger partial charge in [-0.25, -0.2) is 0 Å². The first kappa shape index (κ1) is 16.3. The van der Waals surface area contributed by atoms with Crippen molar-refractivity contribution >= 4 is 38.0 Å². The van der Waals surface area contributed by atoms with Gasteiger partial charge in [-0.1, -0.05) is 65.0 Å². The molecule has 2 aromatic carbocycles. The van der Waals surface area contributed by atoms with Crippen LogP contribution in [-0.4, -0.2) is 24.7 Å². The van der Waals surface area contributed by atoms with Crippen LogP contribution in [0.25, 0.3) is 27.1 Å². The fourth-order valence-corrected chi connectivity index (χ4v) is 4.05. The fourth-order valence-electron chi connectivity index (χ4n) is 2.97. The molecule has 0 aliphatic heterocycles. The zero-order valence-electron chi connectivity index (χ0n) is 14.3. The van der Waals surface area contributed by atoms with Crippen molar-refractivity contribution in [3.63, 3.8) is 0 Å². The third-order valence-corrected chi connectivity index (χ3v) is 5.29. The predicted molar refractivity (Wildman–Crippen MR) is 107 cm³/mol. The summed E-state index contributed by atoms with van der Waals surface area (Å²) in [5.74, 6) is 6.10. The van der Waals surface area contributed by atoms with Crippen LogP contribution < -0.4 is 11.4 Å². The molecular formula is C18H12N8OS. The standard InChI is InChI=1S/C18H12N8OS/c19-25-16(27)14-13(11-7-3-1-4-8-11)15(21-20-12-9-5-2-6-10-12)28-17(14)26-18(25)22-23-24-26/h1-10H,19H2. The number of azo groups is 1. The summed E-state index contributed by atoms with van der Waals surface area (Å²) in [5, 5.41) is 21.1. The maximum Gasteiger partial charge on any atom is 0.282 e. The van der Waals surface area contributed by atoms with Crippen LogP contribution in [0.4, 0.5) is 10.7 Å². The Bertz CT molecular complexity index is 1390. The largest absolute Gasteiger partial charge is 0.333 e. The van der Waals surface area contributed by atoms with E-state index in [9.17, 15) is 4.79 Å².